The summed E-state index contributed by atoms with van der Waals surface area (Å²) in [5.74, 6) is 2.79. The van der Waals surface area contributed by atoms with Crippen molar-refractivity contribution in [2.75, 3.05) is 4.90 Å². The zero-order valence-corrected chi connectivity index (χ0v) is 22.9. The number of aromatic nitrogens is 4. The molecular formula is C37H23N5O. The predicted molar refractivity (Wildman–Crippen MR) is 172 cm³/mol. The van der Waals surface area contributed by atoms with Gasteiger partial charge in [-0.1, -0.05) is 78.9 Å². The third-order valence-electron chi connectivity index (χ3n) is 8.05. The molecule has 0 saturated carbocycles. The van der Waals surface area contributed by atoms with Crippen LogP contribution in [-0.2, 0) is 0 Å². The van der Waals surface area contributed by atoms with Crippen molar-refractivity contribution in [1.29, 1.82) is 0 Å². The molecule has 3 aromatic heterocycles. The van der Waals surface area contributed by atoms with E-state index in [0.29, 0.717) is 5.95 Å². The first-order valence-electron chi connectivity index (χ1n) is 14.2. The lowest BCUT2D eigenvalue weighted by Crippen LogP contribution is -2.19. The van der Waals surface area contributed by atoms with Crippen molar-refractivity contribution >= 4 is 49.9 Å². The van der Waals surface area contributed by atoms with E-state index in [2.05, 4.69) is 75.1 Å². The molecule has 0 N–H and O–H groups in total. The van der Waals surface area contributed by atoms with Gasteiger partial charge in [-0.25, -0.2) is 4.98 Å². The van der Waals surface area contributed by atoms with Crippen LogP contribution in [0, 0.1) is 0 Å². The van der Waals surface area contributed by atoms with Crippen LogP contribution < -0.4 is 9.64 Å². The van der Waals surface area contributed by atoms with Crippen LogP contribution in [0.4, 0.5) is 17.3 Å². The Labute approximate surface area is 247 Å². The summed E-state index contributed by atoms with van der Waals surface area (Å²) in [6.07, 6.45) is 1.79. The van der Waals surface area contributed by atoms with E-state index in [9.17, 15) is 0 Å². The molecule has 43 heavy (non-hydrogen) atoms. The number of hydrogen-bond donors (Lipinski definition) is 0. The van der Waals surface area contributed by atoms with Crippen molar-refractivity contribution in [3.8, 4) is 28.7 Å². The standard InChI is InChI=1S/C37H23N5O/c1-2-12-25-24(11-1)20-21-32-36(25)26-13-3-4-15-29(26)41(32)35-23-28(27-14-9-10-22-38-27)39-37(40-35)42-30-16-5-7-18-33(30)43-34-19-8-6-17-31(34)42/h1-23H. The van der Waals surface area contributed by atoms with Gasteiger partial charge in [0, 0.05) is 23.0 Å². The van der Waals surface area contributed by atoms with Crippen molar-refractivity contribution in [3.63, 3.8) is 0 Å². The second kappa shape index (κ2) is 9.26. The van der Waals surface area contributed by atoms with Crippen LogP contribution in [-0.4, -0.2) is 19.5 Å². The minimum Gasteiger partial charge on any atom is -0.453 e. The summed E-state index contributed by atoms with van der Waals surface area (Å²) >= 11 is 0. The predicted octanol–water partition coefficient (Wildman–Crippen LogP) is 9.36. The average Bonchev–Trinajstić information content (AvgIpc) is 3.42. The third kappa shape index (κ3) is 3.63. The van der Waals surface area contributed by atoms with Gasteiger partial charge in [0.25, 0.3) is 0 Å². The van der Waals surface area contributed by atoms with Crippen LogP contribution in [0.3, 0.4) is 0 Å². The Kier molecular flexibility index (Phi) is 5.10. The topological polar surface area (TPSA) is 56.1 Å². The molecule has 1 aliphatic rings. The number of pyridine rings is 1. The molecule has 0 radical (unpaired) electrons. The van der Waals surface area contributed by atoms with Crippen molar-refractivity contribution in [2.45, 2.75) is 0 Å². The van der Waals surface area contributed by atoms with Gasteiger partial charge in [0.15, 0.2) is 11.5 Å². The fourth-order valence-corrected chi connectivity index (χ4v) is 6.19. The zero-order chi connectivity index (χ0) is 28.3. The van der Waals surface area contributed by atoms with Gasteiger partial charge in [0.05, 0.1) is 33.8 Å². The van der Waals surface area contributed by atoms with Crippen molar-refractivity contribution in [1.82, 2.24) is 19.5 Å². The number of benzene rings is 5. The molecular weight excluding hydrogens is 530 g/mol. The van der Waals surface area contributed by atoms with E-state index in [-0.39, 0.29) is 0 Å². The molecule has 202 valence electrons. The molecule has 4 heterocycles. The lowest BCUT2D eigenvalue weighted by molar-refractivity contribution is 0.476. The van der Waals surface area contributed by atoms with E-state index >= 15 is 0 Å². The van der Waals surface area contributed by atoms with Gasteiger partial charge in [-0.15, -0.1) is 0 Å². The second-order valence-electron chi connectivity index (χ2n) is 10.5. The number of para-hydroxylation sites is 5. The maximum Gasteiger partial charge on any atom is 0.237 e. The molecule has 0 spiro atoms. The minimum absolute atomic E-state index is 0.535. The average molecular weight is 554 g/mol. The van der Waals surface area contributed by atoms with Crippen LogP contribution in [0.5, 0.6) is 11.5 Å². The number of rotatable bonds is 3. The van der Waals surface area contributed by atoms with Crippen LogP contribution in [0.1, 0.15) is 0 Å². The highest BCUT2D eigenvalue weighted by Crippen LogP contribution is 2.49. The molecule has 0 unspecified atom stereocenters. The highest BCUT2D eigenvalue weighted by molar-refractivity contribution is 6.21. The summed E-state index contributed by atoms with van der Waals surface area (Å²) in [7, 11) is 0. The fraction of sp³-hybridized carbons (Fsp3) is 0. The van der Waals surface area contributed by atoms with Crippen LogP contribution in [0.15, 0.2) is 140 Å². The molecule has 6 heteroatoms. The Balaban J connectivity index is 1.38. The lowest BCUT2D eigenvalue weighted by atomic mass is 10.0. The SMILES string of the molecule is c1ccc(-c2cc(-n3c4ccccc4c4c5ccccc5ccc43)nc(N3c4ccccc4Oc4ccccc43)n2)nc1. The number of anilines is 3. The van der Waals surface area contributed by atoms with Gasteiger partial charge in [0.2, 0.25) is 5.95 Å². The van der Waals surface area contributed by atoms with Gasteiger partial charge in [-0.2, -0.15) is 4.98 Å². The minimum atomic E-state index is 0.535. The maximum absolute atomic E-state index is 6.29. The van der Waals surface area contributed by atoms with Gasteiger partial charge in [-0.3, -0.25) is 14.5 Å². The van der Waals surface area contributed by atoms with Crippen LogP contribution in [0.25, 0.3) is 49.8 Å². The molecule has 0 aliphatic carbocycles. The zero-order valence-electron chi connectivity index (χ0n) is 22.9. The largest absolute Gasteiger partial charge is 0.453 e. The molecule has 5 aromatic carbocycles. The fourth-order valence-electron chi connectivity index (χ4n) is 6.19. The van der Waals surface area contributed by atoms with Crippen molar-refractivity contribution < 1.29 is 4.74 Å². The number of ether oxygens (including phenoxy) is 1. The molecule has 0 amide bonds. The van der Waals surface area contributed by atoms with Crippen LogP contribution >= 0.6 is 0 Å². The van der Waals surface area contributed by atoms with Crippen molar-refractivity contribution in [2.24, 2.45) is 0 Å². The summed E-state index contributed by atoms with van der Waals surface area (Å²) in [5.41, 5.74) is 5.41. The Morgan fingerprint density at radius 3 is 2.02 bits per heavy atom. The van der Waals surface area contributed by atoms with Gasteiger partial charge in [0.1, 0.15) is 5.82 Å². The molecule has 0 saturated heterocycles. The maximum atomic E-state index is 6.29. The normalized spacial score (nSPS) is 12.3. The molecule has 0 fully saturated rings. The molecule has 0 atom stereocenters. The van der Waals surface area contributed by atoms with E-state index in [0.717, 1.165) is 51.1 Å². The van der Waals surface area contributed by atoms with E-state index in [4.69, 9.17) is 14.7 Å². The van der Waals surface area contributed by atoms with E-state index in [1.807, 2.05) is 72.8 Å². The van der Waals surface area contributed by atoms with E-state index in [1.54, 1.807) is 6.20 Å². The first-order valence-corrected chi connectivity index (χ1v) is 14.2. The number of nitrogens with zero attached hydrogens (tertiary/aromatic N) is 5. The number of hydrogen-bond acceptors (Lipinski definition) is 5. The summed E-state index contributed by atoms with van der Waals surface area (Å²) in [5, 5.41) is 4.80. The Hall–Kier alpha value is -6.01. The highest BCUT2D eigenvalue weighted by Gasteiger charge is 2.28. The first kappa shape index (κ1) is 23.7. The second-order valence-corrected chi connectivity index (χ2v) is 10.5. The van der Waals surface area contributed by atoms with Crippen LogP contribution in [0.2, 0.25) is 0 Å². The quantitative estimate of drug-likeness (QED) is 0.218. The monoisotopic (exact) mass is 553 g/mol. The third-order valence-corrected chi connectivity index (χ3v) is 8.05. The lowest BCUT2D eigenvalue weighted by Gasteiger charge is -2.31. The number of fused-ring (bicyclic) bond motifs is 7. The summed E-state index contributed by atoms with van der Waals surface area (Å²) < 4.78 is 8.53. The summed E-state index contributed by atoms with van der Waals surface area (Å²) in [6.45, 7) is 0. The van der Waals surface area contributed by atoms with Gasteiger partial charge < -0.3 is 4.74 Å². The molecule has 8 aromatic rings. The smallest absolute Gasteiger partial charge is 0.237 e. The Bertz CT molecular complexity index is 2300. The van der Waals surface area contributed by atoms with Gasteiger partial charge in [-0.05, 0) is 59.3 Å². The molecule has 9 rings (SSSR count). The first-order chi connectivity index (χ1) is 21.3. The Morgan fingerprint density at radius 1 is 0.535 bits per heavy atom. The summed E-state index contributed by atoms with van der Waals surface area (Å²) in [4.78, 5) is 17.2. The summed E-state index contributed by atoms with van der Waals surface area (Å²) in [6, 6.07) is 45.3. The highest BCUT2D eigenvalue weighted by atomic mass is 16.5. The van der Waals surface area contributed by atoms with E-state index in [1.165, 1.54) is 21.5 Å². The molecule has 1 aliphatic heterocycles. The molecule has 6 nitrogen and oxygen atoms in total. The van der Waals surface area contributed by atoms with E-state index < -0.39 is 0 Å². The molecule has 0 bridgehead atoms. The Morgan fingerprint density at radius 2 is 1.23 bits per heavy atom. The van der Waals surface area contributed by atoms with Crippen molar-refractivity contribution in [3.05, 3.63) is 140 Å². The van der Waals surface area contributed by atoms with Gasteiger partial charge >= 0.3 is 0 Å².